The zero-order valence-electron chi connectivity index (χ0n) is 8.55. The molecule has 0 unspecified atom stereocenters. The second kappa shape index (κ2) is 5.57. The van der Waals surface area contributed by atoms with Gasteiger partial charge in [0.2, 0.25) is 0 Å². The number of morpholine rings is 1. The lowest BCUT2D eigenvalue weighted by molar-refractivity contribution is 0.0331. The number of rotatable bonds is 2. The van der Waals surface area contributed by atoms with Gasteiger partial charge in [-0.3, -0.25) is 4.90 Å². The van der Waals surface area contributed by atoms with Gasteiger partial charge in [0.05, 0.1) is 22.5 Å². The standard InChI is InChI=1S/C10H11ClFIN2O/c11-9-5-7(13)10(12)8(14-9)6-15-1-3-16-4-2-15/h5H,1-4,6H2. The van der Waals surface area contributed by atoms with Crippen LogP contribution in [0.5, 0.6) is 0 Å². The predicted molar refractivity (Wildman–Crippen MR) is 68.0 cm³/mol. The van der Waals surface area contributed by atoms with Crippen molar-refractivity contribution < 1.29 is 9.13 Å². The zero-order valence-corrected chi connectivity index (χ0v) is 11.5. The maximum absolute atomic E-state index is 13.8. The first kappa shape index (κ1) is 12.5. The summed E-state index contributed by atoms with van der Waals surface area (Å²) >= 11 is 7.74. The van der Waals surface area contributed by atoms with Crippen LogP contribution in [-0.2, 0) is 11.3 Å². The third-order valence-corrected chi connectivity index (χ3v) is 3.41. The van der Waals surface area contributed by atoms with Crippen LogP contribution in [0, 0.1) is 9.39 Å². The summed E-state index contributed by atoms with van der Waals surface area (Å²) in [4.78, 5) is 6.14. The molecule has 2 rings (SSSR count). The summed E-state index contributed by atoms with van der Waals surface area (Å²) in [6, 6.07) is 1.53. The lowest BCUT2D eigenvalue weighted by Gasteiger charge is -2.26. The number of aromatic nitrogens is 1. The molecule has 1 fully saturated rings. The second-order valence-corrected chi connectivity index (χ2v) is 5.13. The molecule has 3 nitrogen and oxygen atoms in total. The number of hydrogen-bond donors (Lipinski definition) is 0. The minimum absolute atomic E-state index is 0.267. The van der Waals surface area contributed by atoms with Gasteiger partial charge < -0.3 is 4.74 Å². The molecule has 0 aliphatic carbocycles. The Balaban J connectivity index is 2.13. The Morgan fingerprint density at radius 1 is 1.50 bits per heavy atom. The predicted octanol–water partition coefficient (Wildman–Crippen LogP) is 2.31. The van der Waals surface area contributed by atoms with Crippen LogP contribution in [0.15, 0.2) is 6.07 Å². The van der Waals surface area contributed by atoms with Crippen LogP contribution in [0.3, 0.4) is 0 Å². The highest BCUT2D eigenvalue weighted by atomic mass is 127. The van der Waals surface area contributed by atoms with Gasteiger partial charge in [-0.1, -0.05) is 11.6 Å². The van der Waals surface area contributed by atoms with E-state index in [0.29, 0.717) is 34.2 Å². The van der Waals surface area contributed by atoms with Crippen molar-refractivity contribution >= 4 is 34.2 Å². The van der Waals surface area contributed by atoms with E-state index >= 15 is 0 Å². The number of halogens is 3. The van der Waals surface area contributed by atoms with E-state index in [1.807, 2.05) is 22.6 Å². The van der Waals surface area contributed by atoms with Crippen molar-refractivity contribution in [3.63, 3.8) is 0 Å². The van der Waals surface area contributed by atoms with Crippen molar-refractivity contribution in [2.24, 2.45) is 0 Å². The summed E-state index contributed by atoms with van der Waals surface area (Å²) in [7, 11) is 0. The Bertz CT molecular complexity index is 385. The van der Waals surface area contributed by atoms with Gasteiger partial charge >= 0.3 is 0 Å². The summed E-state index contributed by atoms with van der Waals surface area (Å²) in [5.41, 5.74) is 0.416. The van der Waals surface area contributed by atoms with Gasteiger partial charge in [-0.25, -0.2) is 9.37 Å². The van der Waals surface area contributed by atoms with E-state index in [0.717, 1.165) is 13.1 Å². The van der Waals surface area contributed by atoms with Crippen molar-refractivity contribution in [3.8, 4) is 0 Å². The summed E-state index contributed by atoms with van der Waals surface area (Å²) in [6.07, 6.45) is 0. The Hall–Kier alpha value is 0.0200. The molecule has 0 spiro atoms. The molecule has 1 aliphatic heterocycles. The number of nitrogens with zero attached hydrogens (tertiary/aromatic N) is 2. The normalized spacial score (nSPS) is 17.7. The maximum Gasteiger partial charge on any atom is 0.159 e. The minimum Gasteiger partial charge on any atom is -0.379 e. The fourth-order valence-electron chi connectivity index (χ4n) is 1.59. The van der Waals surface area contributed by atoms with Crippen molar-refractivity contribution in [1.82, 2.24) is 9.88 Å². The fourth-order valence-corrected chi connectivity index (χ4v) is 2.59. The van der Waals surface area contributed by atoms with Gasteiger partial charge in [-0.2, -0.15) is 0 Å². The van der Waals surface area contributed by atoms with Crippen molar-refractivity contribution in [2.45, 2.75) is 6.54 Å². The van der Waals surface area contributed by atoms with Crippen LogP contribution in [0.2, 0.25) is 5.15 Å². The highest BCUT2D eigenvalue weighted by molar-refractivity contribution is 14.1. The van der Waals surface area contributed by atoms with Crippen LogP contribution in [0.25, 0.3) is 0 Å². The first-order valence-corrected chi connectivity index (χ1v) is 6.43. The maximum atomic E-state index is 13.8. The van der Waals surface area contributed by atoms with Gasteiger partial charge in [0.25, 0.3) is 0 Å². The van der Waals surface area contributed by atoms with E-state index in [9.17, 15) is 4.39 Å². The molecule has 0 N–H and O–H groups in total. The van der Waals surface area contributed by atoms with Crippen LogP contribution < -0.4 is 0 Å². The zero-order chi connectivity index (χ0) is 11.5. The van der Waals surface area contributed by atoms with Crippen LogP contribution in [-0.4, -0.2) is 36.2 Å². The van der Waals surface area contributed by atoms with E-state index in [2.05, 4.69) is 9.88 Å². The monoisotopic (exact) mass is 356 g/mol. The molecule has 16 heavy (non-hydrogen) atoms. The number of hydrogen-bond acceptors (Lipinski definition) is 3. The molecular weight excluding hydrogens is 345 g/mol. The molecule has 0 amide bonds. The van der Waals surface area contributed by atoms with E-state index in [1.54, 1.807) is 0 Å². The Labute approximate surface area is 112 Å². The summed E-state index contributed by atoms with van der Waals surface area (Å²) in [6.45, 7) is 3.50. The molecule has 1 aromatic rings. The van der Waals surface area contributed by atoms with E-state index in [-0.39, 0.29) is 5.82 Å². The molecule has 1 saturated heterocycles. The number of pyridine rings is 1. The molecule has 2 heterocycles. The smallest absolute Gasteiger partial charge is 0.159 e. The average molecular weight is 357 g/mol. The largest absolute Gasteiger partial charge is 0.379 e. The van der Waals surface area contributed by atoms with Gasteiger partial charge in [-0.05, 0) is 28.7 Å². The molecule has 0 atom stereocenters. The van der Waals surface area contributed by atoms with Gasteiger partial charge in [0, 0.05) is 19.6 Å². The quantitative estimate of drug-likeness (QED) is 0.601. The van der Waals surface area contributed by atoms with Crippen LogP contribution >= 0.6 is 34.2 Å². The third kappa shape index (κ3) is 3.03. The molecule has 1 aliphatic rings. The SMILES string of the molecule is Fc1c(I)cc(Cl)nc1CN1CCOCC1. The van der Waals surface area contributed by atoms with Crippen molar-refractivity contribution in [3.05, 3.63) is 26.3 Å². The van der Waals surface area contributed by atoms with Crippen molar-refractivity contribution in [2.75, 3.05) is 26.3 Å². The lowest BCUT2D eigenvalue weighted by atomic mass is 10.3. The number of ether oxygens (including phenoxy) is 1. The highest BCUT2D eigenvalue weighted by Gasteiger charge is 2.16. The van der Waals surface area contributed by atoms with Gasteiger partial charge in [0.1, 0.15) is 5.15 Å². The topological polar surface area (TPSA) is 25.4 Å². The average Bonchev–Trinajstić information content (AvgIpc) is 2.27. The molecule has 88 valence electrons. The Kier molecular flexibility index (Phi) is 4.34. The first-order chi connectivity index (χ1) is 7.66. The van der Waals surface area contributed by atoms with Gasteiger partial charge in [0.15, 0.2) is 5.82 Å². The third-order valence-electron chi connectivity index (χ3n) is 2.43. The van der Waals surface area contributed by atoms with E-state index in [1.165, 1.54) is 6.07 Å². The molecule has 0 radical (unpaired) electrons. The molecule has 0 aromatic carbocycles. The lowest BCUT2D eigenvalue weighted by Crippen LogP contribution is -2.36. The summed E-state index contributed by atoms with van der Waals surface area (Å²) in [5, 5.41) is 0.342. The molecular formula is C10H11ClFIN2O. The Morgan fingerprint density at radius 2 is 2.19 bits per heavy atom. The Morgan fingerprint density at radius 3 is 2.88 bits per heavy atom. The van der Waals surface area contributed by atoms with E-state index < -0.39 is 0 Å². The second-order valence-electron chi connectivity index (χ2n) is 3.58. The van der Waals surface area contributed by atoms with Crippen LogP contribution in [0.1, 0.15) is 5.69 Å². The van der Waals surface area contributed by atoms with Crippen molar-refractivity contribution in [1.29, 1.82) is 0 Å². The molecule has 1 aromatic heterocycles. The first-order valence-electron chi connectivity index (χ1n) is 4.97. The summed E-state index contributed by atoms with van der Waals surface area (Å²) in [5.74, 6) is -0.267. The van der Waals surface area contributed by atoms with Crippen LogP contribution in [0.4, 0.5) is 4.39 Å². The van der Waals surface area contributed by atoms with E-state index in [4.69, 9.17) is 16.3 Å². The fraction of sp³-hybridized carbons (Fsp3) is 0.500. The minimum atomic E-state index is -0.267. The molecule has 0 saturated carbocycles. The molecule has 0 bridgehead atoms. The molecule has 6 heteroatoms. The van der Waals surface area contributed by atoms with Gasteiger partial charge in [-0.15, -0.1) is 0 Å². The summed E-state index contributed by atoms with van der Waals surface area (Å²) < 4.78 is 19.5. The highest BCUT2D eigenvalue weighted by Crippen LogP contribution is 2.19.